The third-order valence-electron chi connectivity index (χ3n) is 2.51. The first kappa shape index (κ1) is 13.3. The van der Waals surface area contributed by atoms with Crippen molar-refractivity contribution in [3.63, 3.8) is 0 Å². The van der Waals surface area contributed by atoms with Crippen LogP contribution < -0.4 is 0 Å². The summed E-state index contributed by atoms with van der Waals surface area (Å²) >= 11 is 12.0. The summed E-state index contributed by atoms with van der Waals surface area (Å²) in [6.45, 7) is 3.78. The highest BCUT2D eigenvalue weighted by Crippen LogP contribution is 2.22. The van der Waals surface area contributed by atoms with Crippen LogP contribution in [0.25, 0.3) is 0 Å². The molecule has 0 saturated heterocycles. The fourth-order valence-corrected chi connectivity index (χ4v) is 1.87. The molecule has 0 atom stereocenters. The highest BCUT2D eigenvalue weighted by molar-refractivity contribution is 6.33. The zero-order chi connectivity index (χ0) is 13.3. The molecular formula is C12H13Cl2N3O. The topological polar surface area (TPSA) is 50.9 Å². The summed E-state index contributed by atoms with van der Waals surface area (Å²) in [6, 6.07) is 5.26. The predicted molar refractivity (Wildman–Crippen MR) is 70.8 cm³/mol. The molecule has 0 unspecified atom stereocenters. The molecule has 0 spiro atoms. The number of aromatic nitrogens is 3. The van der Waals surface area contributed by atoms with E-state index < -0.39 is 5.60 Å². The van der Waals surface area contributed by atoms with Gasteiger partial charge < -0.3 is 5.11 Å². The van der Waals surface area contributed by atoms with Gasteiger partial charge in [-0.25, -0.2) is 4.68 Å². The Labute approximate surface area is 115 Å². The number of benzene rings is 1. The van der Waals surface area contributed by atoms with Crippen molar-refractivity contribution < 1.29 is 5.11 Å². The molecule has 0 amide bonds. The maximum Gasteiger partial charge on any atom is 0.114 e. The van der Waals surface area contributed by atoms with Gasteiger partial charge in [0.15, 0.2) is 0 Å². The molecule has 96 valence electrons. The van der Waals surface area contributed by atoms with Gasteiger partial charge >= 0.3 is 0 Å². The highest BCUT2D eigenvalue weighted by atomic mass is 35.5. The monoisotopic (exact) mass is 285 g/mol. The lowest BCUT2D eigenvalue weighted by molar-refractivity contribution is 0.0737. The third-order valence-corrected chi connectivity index (χ3v) is 3.11. The summed E-state index contributed by atoms with van der Waals surface area (Å²) in [7, 11) is 0. The van der Waals surface area contributed by atoms with E-state index in [0.29, 0.717) is 22.3 Å². The molecule has 1 N–H and O–H groups in total. The van der Waals surface area contributed by atoms with Crippen molar-refractivity contribution >= 4 is 23.2 Å². The summed E-state index contributed by atoms with van der Waals surface area (Å²) in [5.41, 5.74) is 0.369. The second kappa shape index (κ2) is 4.88. The quantitative estimate of drug-likeness (QED) is 0.944. The van der Waals surface area contributed by atoms with E-state index in [0.717, 1.165) is 5.56 Å². The fraction of sp³-hybridized carbons (Fsp3) is 0.333. The van der Waals surface area contributed by atoms with Gasteiger partial charge in [0.2, 0.25) is 0 Å². The van der Waals surface area contributed by atoms with E-state index >= 15 is 0 Å². The minimum absolute atomic E-state index is 0.461. The Morgan fingerprint density at radius 1 is 1.33 bits per heavy atom. The van der Waals surface area contributed by atoms with Gasteiger partial charge in [0.05, 0.1) is 12.7 Å². The van der Waals surface area contributed by atoms with Crippen LogP contribution in [-0.2, 0) is 12.1 Å². The largest absolute Gasteiger partial charge is 0.384 e. The second-order valence-corrected chi connectivity index (χ2v) is 5.44. The smallest absolute Gasteiger partial charge is 0.114 e. The zero-order valence-corrected chi connectivity index (χ0v) is 11.6. The third kappa shape index (κ3) is 3.02. The highest BCUT2D eigenvalue weighted by Gasteiger charge is 2.20. The first-order valence-corrected chi connectivity index (χ1v) is 6.19. The molecule has 0 aliphatic rings. The molecule has 2 aromatic rings. The molecule has 6 heteroatoms. The van der Waals surface area contributed by atoms with Crippen molar-refractivity contribution in [1.82, 2.24) is 15.0 Å². The summed E-state index contributed by atoms with van der Waals surface area (Å²) in [5, 5.41) is 18.9. The molecule has 4 nitrogen and oxygen atoms in total. The standard InChI is InChI=1S/C12H13Cl2N3O/c1-12(2,18)11-7-17(16-15-11)6-8-5-9(13)3-4-10(8)14/h3-5,7,18H,6H2,1-2H3. The van der Waals surface area contributed by atoms with Gasteiger partial charge in [-0.1, -0.05) is 28.4 Å². The molecule has 1 aromatic heterocycles. The van der Waals surface area contributed by atoms with E-state index in [1.54, 1.807) is 42.9 Å². The molecule has 0 radical (unpaired) electrons. The molecular weight excluding hydrogens is 273 g/mol. The van der Waals surface area contributed by atoms with Crippen LogP contribution >= 0.6 is 23.2 Å². The van der Waals surface area contributed by atoms with Crippen LogP contribution in [0.4, 0.5) is 0 Å². The molecule has 1 heterocycles. The molecule has 18 heavy (non-hydrogen) atoms. The number of nitrogens with zero attached hydrogens (tertiary/aromatic N) is 3. The minimum atomic E-state index is -1.00. The number of hydrogen-bond acceptors (Lipinski definition) is 3. The van der Waals surface area contributed by atoms with E-state index in [2.05, 4.69) is 10.3 Å². The summed E-state index contributed by atoms with van der Waals surface area (Å²) in [5.74, 6) is 0. The molecule has 0 fully saturated rings. The molecule has 1 aromatic carbocycles. The van der Waals surface area contributed by atoms with Gasteiger partial charge in [-0.15, -0.1) is 5.10 Å². The molecule has 0 saturated carbocycles. The molecule has 2 rings (SSSR count). The summed E-state index contributed by atoms with van der Waals surface area (Å²) in [6.07, 6.45) is 1.69. The van der Waals surface area contributed by atoms with Crippen LogP contribution in [0, 0.1) is 0 Å². The fourth-order valence-electron chi connectivity index (χ4n) is 1.50. The van der Waals surface area contributed by atoms with E-state index in [1.165, 1.54) is 0 Å². The van der Waals surface area contributed by atoms with Gasteiger partial charge in [-0.05, 0) is 37.6 Å². The van der Waals surface area contributed by atoms with Crippen molar-refractivity contribution in [3.05, 3.63) is 45.7 Å². The van der Waals surface area contributed by atoms with Crippen LogP contribution in [0.5, 0.6) is 0 Å². The van der Waals surface area contributed by atoms with Crippen molar-refractivity contribution in [3.8, 4) is 0 Å². The van der Waals surface area contributed by atoms with E-state index in [4.69, 9.17) is 23.2 Å². The lowest BCUT2D eigenvalue weighted by Gasteiger charge is -2.11. The van der Waals surface area contributed by atoms with Crippen LogP contribution in [0.3, 0.4) is 0 Å². The molecule has 0 aliphatic carbocycles. The Morgan fingerprint density at radius 2 is 2.06 bits per heavy atom. The van der Waals surface area contributed by atoms with E-state index in [9.17, 15) is 5.11 Å². The maximum absolute atomic E-state index is 9.80. The van der Waals surface area contributed by atoms with Crippen LogP contribution in [0.2, 0.25) is 10.0 Å². The van der Waals surface area contributed by atoms with Gasteiger partial charge in [0, 0.05) is 10.0 Å². The number of aliphatic hydroxyl groups is 1. The van der Waals surface area contributed by atoms with Crippen LogP contribution in [0.1, 0.15) is 25.1 Å². The van der Waals surface area contributed by atoms with Crippen molar-refractivity contribution in [2.45, 2.75) is 26.0 Å². The Hall–Kier alpha value is -1.10. The zero-order valence-electron chi connectivity index (χ0n) is 10.1. The Bertz CT molecular complexity index is 561. The minimum Gasteiger partial charge on any atom is -0.384 e. The molecule has 0 aliphatic heterocycles. The number of hydrogen-bond donors (Lipinski definition) is 1. The maximum atomic E-state index is 9.80. The normalized spacial score (nSPS) is 11.8. The van der Waals surface area contributed by atoms with E-state index in [1.807, 2.05) is 0 Å². The van der Waals surface area contributed by atoms with Crippen molar-refractivity contribution in [1.29, 1.82) is 0 Å². The van der Waals surface area contributed by atoms with Crippen molar-refractivity contribution in [2.24, 2.45) is 0 Å². The molecule has 0 bridgehead atoms. The van der Waals surface area contributed by atoms with Crippen LogP contribution in [-0.4, -0.2) is 20.1 Å². The summed E-state index contributed by atoms with van der Waals surface area (Å²) in [4.78, 5) is 0. The number of rotatable bonds is 3. The Kier molecular flexibility index (Phi) is 3.61. The van der Waals surface area contributed by atoms with Gasteiger partial charge in [0.25, 0.3) is 0 Å². The van der Waals surface area contributed by atoms with Gasteiger partial charge in [-0.3, -0.25) is 0 Å². The van der Waals surface area contributed by atoms with Crippen LogP contribution in [0.15, 0.2) is 24.4 Å². The average molecular weight is 286 g/mol. The second-order valence-electron chi connectivity index (χ2n) is 4.60. The predicted octanol–water partition coefficient (Wildman–Crippen LogP) is 2.86. The Morgan fingerprint density at radius 3 is 2.67 bits per heavy atom. The van der Waals surface area contributed by atoms with Gasteiger partial charge in [0.1, 0.15) is 11.3 Å². The SMILES string of the molecule is CC(C)(O)c1cn(Cc2cc(Cl)ccc2Cl)nn1. The van der Waals surface area contributed by atoms with E-state index in [-0.39, 0.29) is 0 Å². The first-order valence-electron chi connectivity index (χ1n) is 5.43. The lowest BCUT2D eigenvalue weighted by Crippen LogP contribution is -2.15. The average Bonchev–Trinajstić information content (AvgIpc) is 2.71. The lowest BCUT2D eigenvalue weighted by atomic mass is 10.1. The summed E-state index contributed by atoms with van der Waals surface area (Å²) < 4.78 is 1.62. The number of halogens is 2. The Balaban J connectivity index is 2.24. The first-order chi connectivity index (χ1) is 8.36. The van der Waals surface area contributed by atoms with Gasteiger partial charge in [-0.2, -0.15) is 0 Å². The van der Waals surface area contributed by atoms with Crippen molar-refractivity contribution in [2.75, 3.05) is 0 Å².